The minimum absolute atomic E-state index is 0.0693. The summed E-state index contributed by atoms with van der Waals surface area (Å²) in [6, 6.07) is 0. The molecule has 0 N–H and O–H groups in total. The molecular weight excluding hydrogens is 191 g/mol. The van der Waals surface area contributed by atoms with Crippen LogP contribution in [0.3, 0.4) is 0 Å². The first-order valence-corrected chi connectivity index (χ1v) is 7.30. The SMILES string of the molecule is CP1C(C)(C)CCCC(=O)CC1(C)C. The number of Topliss-reactive ketones (excluding diaryl/α,β-unsaturated/α-hetero) is 1. The molecule has 0 aromatic carbocycles. The van der Waals surface area contributed by atoms with Gasteiger partial charge < -0.3 is 0 Å². The van der Waals surface area contributed by atoms with Crippen LogP contribution in [0.5, 0.6) is 0 Å². The van der Waals surface area contributed by atoms with Gasteiger partial charge in [-0.05, 0) is 29.8 Å². The third-order valence-electron chi connectivity index (χ3n) is 3.69. The quantitative estimate of drug-likeness (QED) is 0.560. The predicted octanol–water partition coefficient (Wildman–Crippen LogP) is 3.80. The molecule has 1 atom stereocenters. The maximum absolute atomic E-state index is 11.6. The Kier molecular flexibility index (Phi) is 3.41. The first-order valence-electron chi connectivity index (χ1n) is 5.51. The molecule has 0 aliphatic carbocycles. The third-order valence-corrected chi connectivity index (χ3v) is 7.70. The molecule has 1 rings (SSSR count). The number of carbonyl (C=O) groups is 1. The topological polar surface area (TPSA) is 17.1 Å². The van der Waals surface area contributed by atoms with E-state index in [1.54, 1.807) is 0 Å². The molecule has 0 bridgehead atoms. The highest BCUT2D eigenvalue weighted by Gasteiger charge is 2.39. The summed E-state index contributed by atoms with van der Waals surface area (Å²) in [6.07, 6.45) is 3.90. The van der Waals surface area contributed by atoms with Gasteiger partial charge in [0.05, 0.1) is 0 Å². The highest BCUT2D eigenvalue weighted by Crippen LogP contribution is 2.60. The molecule has 1 unspecified atom stereocenters. The van der Waals surface area contributed by atoms with Crippen molar-refractivity contribution in [2.45, 2.75) is 63.7 Å². The Balaban J connectivity index is 2.88. The van der Waals surface area contributed by atoms with Crippen molar-refractivity contribution < 1.29 is 4.79 Å². The average molecular weight is 214 g/mol. The van der Waals surface area contributed by atoms with E-state index in [0.29, 0.717) is 10.9 Å². The smallest absolute Gasteiger partial charge is 0.133 e. The lowest BCUT2D eigenvalue weighted by atomic mass is 9.98. The molecule has 0 aromatic heterocycles. The summed E-state index contributed by atoms with van der Waals surface area (Å²) in [4.78, 5) is 11.6. The molecule has 1 aliphatic rings. The fourth-order valence-corrected chi connectivity index (χ4v) is 4.94. The van der Waals surface area contributed by atoms with Crippen LogP contribution in [-0.2, 0) is 4.79 Å². The zero-order valence-electron chi connectivity index (χ0n) is 10.2. The summed E-state index contributed by atoms with van der Waals surface area (Å²) >= 11 is 0. The Morgan fingerprint density at radius 3 is 2.29 bits per heavy atom. The molecule has 0 saturated carbocycles. The standard InChI is InChI=1S/C12H23OP/c1-11(2)8-6-7-10(13)9-12(3,4)14(11)5/h6-9H2,1-5H3. The number of ketones is 1. The van der Waals surface area contributed by atoms with E-state index < -0.39 is 0 Å². The Morgan fingerprint density at radius 1 is 1.14 bits per heavy atom. The van der Waals surface area contributed by atoms with Gasteiger partial charge >= 0.3 is 0 Å². The fraction of sp³-hybridized carbons (Fsp3) is 0.917. The van der Waals surface area contributed by atoms with E-state index in [9.17, 15) is 4.79 Å². The summed E-state index contributed by atoms with van der Waals surface area (Å²) in [7, 11) is -0.0693. The second-order valence-corrected chi connectivity index (χ2v) is 9.29. The highest BCUT2D eigenvalue weighted by molar-refractivity contribution is 7.60. The van der Waals surface area contributed by atoms with Crippen molar-refractivity contribution in [2.75, 3.05) is 6.66 Å². The summed E-state index contributed by atoms with van der Waals surface area (Å²) < 4.78 is 0. The second kappa shape index (κ2) is 3.93. The molecule has 1 aliphatic heterocycles. The number of carbonyl (C=O) groups excluding carboxylic acids is 1. The monoisotopic (exact) mass is 214 g/mol. The van der Waals surface area contributed by atoms with Gasteiger partial charge in [0.1, 0.15) is 5.78 Å². The maximum Gasteiger partial charge on any atom is 0.133 e. The Hall–Kier alpha value is 0.100. The maximum atomic E-state index is 11.6. The zero-order chi connectivity index (χ0) is 11.0. The van der Waals surface area contributed by atoms with Crippen LogP contribution >= 0.6 is 7.92 Å². The van der Waals surface area contributed by atoms with Crippen molar-refractivity contribution in [3.05, 3.63) is 0 Å². The molecule has 82 valence electrons. The van der Waals surface area contributed by atoms with Gasteiger partial charge in [-0.3, -0.25) is 4.79 Å². The van der Waals surface area contributed by atoms with Gasteiger partial charge in [-0.25, -0.2) is 0 Å². The van der Waals surface area contributed by atoms with Gasteiger partial charge in [0.15, 0.2) is 0 Å². The molecular formula is C12H23OP. The van der Waals surface area contributed by atoms with Crippen LogP contribution in [0.4, 0.5) is 0 Å². The minimum atomic E-state index is -0.0693. The molecule has 0 radical (unpaired) electrons. The van der Waals surface area contributed by atoms with E-state index in [-0.39, 0.29) is 13.1 Å². The molecule has 0 amide bonds. The lowest BCUT2D eigenvalue weighted by Crippen LogP contribution is -2.33. The molecule has 1 nitrogen and oxygen atoms in total. The largest absolute Gasteiger partial charge is 0.300 e. The lowest BCUT2D eigenvalue weighted by molar-refractivity contribution is -0.119. The molecule has 1 saturated heterocycles. The highest BCUT2D eigenvalue weighted by atomic mass is 31.1. The van der Waals surface area contributed by atoms with Crippen LogP contribution in [0.15, 0.2) is 0 Å². The molecule has 14 heavy (non-hydrogen) atoms. The van der Waals surface area contributed by atoms with Gasteiger partial charge in [-0.1, -0.05) is 35.6 Å². The van der Waals surface area contributed by atoms with Gasteiger partial charge in [-0.2, -0.15) is 0 Å². The van der Waals surface area contributed by atoms with Crippen LogP contribution in [0.25, 0.3) is 0 Å². The van der Waals surface area contributed by atoms with Crippen molar-refractivity contribution in [3.8, 4) is 0 Å². The van der Waals surface area contributed by atoms with Crippen LogP contribution in [0.2, 0.25) is 0 Å². The van der Waals surface area contributed by atoms with Crippen molar-refractivity contribution in [3.63, 3.8) is 0 Å². The van der Waals surface area contributed by atoms with E-state index in [1.807, 2.05) is 0 Å². The van der Waals surface area contributed by atoms with Crippen molar-refractivity contribution in [2.24, 2.45) is 0 Å². The summed E-state index contributed by atoms with van der Waals surface area (Å²) in [5, 5.41) is 0.676. The number of hydrogen-bond acceptors (Lipinski definition) is 1. The Bertz CT molecular complexity index is 230. The zero-order valence-corrected chi connectivity index (χ0v) is 11.1. The van der Waals surface area contributed by atoms with Crippen molar-refractivity contribution in [1.82, 2.24) is 0 Å². The normalized spacial score (nSPS) is 32.1. The van der Waals surface area contributed by atoms with Crippen molar-refractivity contribution in [1.29, 1.82) is 0 Å². The molecule has 1 heterocycles. The molecule has 2 heteroatoms. The second-order valence-electron chi connectivity index (χ2n) is 5.75. The van der Waals surface area contributed by atoms with E-state index in [4.69, 9.17) is 0 Å². The Morgan fingerprint density at radius 2 is 1.71 bits per heavy atom. The summed E-state index contributed by atoms with van der Waals surface area (Å²) in [5.41, 5.74) is 0. The van der Waals surface area contributed by atoms with E-state index in [2.05, 4.69) is 34.4 Å². The van der Waals surface area contributed by atoms with Gasteiger partial charge in [-0.15, -0.1) is 0 Å². The van der Waals surface area contributed by atoms with E-state index in [1.165, 1.54) is 6.42 Å². The molecule has 0 spiro atoms. The average Bonchev–Trinajstić information content (AvgIpc) is 2.00. The number of rotatable bonds is 0. The van der Waals surface area contributed by atoms with Crippen LogP contribution in [0, 0.1) is 0 Å². The molecule has 0 aromatic rings. The first-order chi connectivity index (χ1) is 6.26. The third kappa shape index (κ3) is 2.57. The first kappa shape index (κ1) is 12.2. The van der Waals surface area contributed by atoms with Gasteiger partial charge in [0.25, 0.3) is 0 Å². The predicted molar refractivity (Wildman–Crippen MR) is 64.5 cm³/mol. The lowest BCUT2D eigenvalue weighted by Gasteiger charge is -2.44. The van der Waals surface area contributed by atoms with Gasteiger partial charge in [0, 0.05) is 12.8 Å². The van der Waals surface area contributed by atoms with Crippen molar-refractivity contribution >= 4 is 13.7 Å². The molecule has 1 fully saturated rings. The minimum Gasteiger partial charge on any atom is -0.300 e. The fourth-order valence-electron chi connectivity index (χ4n) is 2.39. The Labute approximate surface area is 89.4 Å². The van der Waals surface area contributed by atoms with Crippen LogP contribution < -0.4 is 0 Å². The summed E-state index contributed by atoms with van der Waals surface area (Å²) in [6.45, 7) is 11.6. The summed E-state index contributed by atoms with van der Waals surface area (Å²) in [5.74, 6) is 0.472. The number of hydrogen-bond donors (Lipinski definition) is 0. The van der Waals surface area contributed by atoms with E-state index >= 15 is 0 Å². The van der Waals surface area contributed by atoms with Crippen LogP contribution in [0.1, 0.15) is 53.4 Å². The van der Waals surface area contributed by atoms with Gasteiger partial charge in [0.2, 0.25) is 0 Å². The van der Waals surface area contributed by atoms with Crippen LogP contribution in [-0.4, -0.2) is 22.8 Å². The van der Waals surface area contributed by atoms with E-state index in [0.717, 1.165) is 19.3 Å².